The molecule has 0 saturated carbocycles. The summed E-state index contributed by atoms with van der Waals surface area (Å²) in [7, 11) is 0. The Morgan fingerprint density at radius 2 is 2.15 bits per heavy atom. The summed E-state index contributed by atoms with van der Waals surface area (Å²) in [6, 6.07) is 4.43. The molecule has 0 bridgehead atoms. The Balaban J connectivity index is 2.93. The maximum atomic E-state index is 13.3. The van der Waals surface area contributed by atoms with Crippen LogP contribution in [0.3, 0.4) is 0 Å². The molecule has 4 heteroatoms. The van der Waals surface area contributed by atoms with Gasteiger partial charge in [-0.05, 0) is 19.0 Å². The zero-order valence-corrected chi connectivity index (χ0v) is 7.89. The highest BCUT2D eigenvalue weighted by Gasteiger charge is 2.12. The van der Waals surface area contributed by atoms with E-state index in [0.29, 0.717) is 18.5 Å². The fourth-order valence-corrected chi connectivity index (χ4v) is 1.32. The van der Waals surface area contributed by atoms with E-state index in [1.807, 2.05) is 0 Å². The maximum Gasteiger partial charge on any atom is 0.146 e. The second-order valence-corrected chi connectivity index (χ2v) is 3.23. The molecule has 0 radical (unpaired) electrons. The summed E-state index contributed by atoms with van der Waals surface area (Å²) in [5.74, 6) is -0.440. The van der Waals surface area contributed by atoms with Crippen molar-refractivity contribution in [1.82, 2.24) is 0 Å². The van der Waals surface area contributed by atoms with Crippen LogP contribution in [0.25, 0.3) is 0 Å². The predicted molar refractivity (Wildman–Crippen MR) is 52.0 cm³/mol. The zero-order chi connectivity index (χ0) is 9.84. The monoisotopic (exact) mass is 202 g/mol. The molecule has 1 aromatic rings. The zero-order valence-electron chi connectivity index (χ0n) is 7.13. The van der Waals surface area contributed by atoms with E-state index in [9.17, 15) is 4.39 Å². The van der Waals surface area contributed by atoms with Gasteiger partial charge in [-0.15, -0.1) is 0 Å². The molecule has 1 aromatic carbocycles. The average Bonchev–Trinajstić information content (AvgIpc) is 2.10. The van der Waals surface area contributed by atoms with Gasteiger partial charge in [-0.3, -0.25) is 0 Å². The van der Waals surface area contributed by atoms with E-state index in [1.165, 1.54) is 6.07 Å². The summed E-state index contributed by atoms with van der Waals surface area (Å²) in [5, 5.41) is 0.102. The summed E-state index contributed by atoms with van der Waals surface area (Å²) in [6.07, 6.45) is 0.553. The third-order valence-corrected chi connectivity index (χ3v) is 2.15. The third kappa shape index (κ3) is 2.40. The van der Waals surface area contributed by atoms with Crippen LogP contribution in [-0.4, -0.2) is 6.54 Å². The Kier molecular flexibility index (Phi) is 3.66. The van der Waals surface area contributed by atoms with Crippen LogP contribution in [-0.2, 0) is 0 Å². The number of rotatable bonds is 3. The summed E-state index contributed by atoms with van der Waals surface area (Å²) in [4.78, 5) is 0. The van der Waals surface area contributed by atoms with Crippen molar-refractivity contribution < 1.29 is 4.39 Å². The maximum absolute atomic E-state index is 13.3. The third-order valence-electron chi connectivity index (χ3n) is 1.86. The highest BCUT2D eigenvalue weighted by Crippen LogP contribution is 2.23. The van der Waals surface area contributed by atoms with E-state index in [1.54, 1.807) is 12.1 Å². The second kappa shape index (κ2) is 4.56. The van der Waals surface area contributed by atoms with Gasteiger partial charge >= 0.3 is 0 Å². The van der Waals surface area contributed by atoms with E-state index in [-0.39, 0.29) is 11.1 Å². The first kappa shape index (κ1) is 10.4. The minimum Gasteiger partial charge on any atom is -0.330 e. The van der Waals surface area contributed by atoms with Crippen LogP contribution >= 0.6 is 11.6 Å². The lowest BCUT2D eigenvalue weighted by atomic mass is 10.0. The van der Waals surface area contributed by atoms with E-state index in [0.717, 1.165) is 0 Å². The molecule has 2 nitrogen and oxygen atoms in total. The Bertz CT molecular complexity index is 291. The summed E-state index contributed by atoms with van der Waals surface area (Å²) >= 11 is 5.60. The molecule has 0 unspecified atom stereocenters. The van der Waals surface area contributed by atoms with Crippen LogP contribution in [0.15, 0.2) is 18.2 Å². The Hall–Kier alpha value is -0.640. The number of hydrogen-bond donors (Lipinski definition) is 2. The van der Waals surface area contributed by atoms with Gasteiger partial charge < -0.3 is 11.5 Å². The fraction of sp³-hybridized carbons (Fsp3) is 0.333. The molecule has 0 fully saturated rings. The molecule has 1 rings (SSSR count). The van der Waals surface area contributed by atoms with E-state index < -0.39 is 5.82 Å². The standard InChI is InChI=1S/C9H12ClFN2/c10-7-3-1-2-6(9(7)11)8(13)4-5-12/h1-3,8H,4-5,12-13H2/t8-/m1/s1. The van der Waals surface area contributed by atoms with Crippen molar-refractivity contribution >= 4 is 11.6 Å². The molecule has 0 saturated heterocycles. The minimum atomic E-state index is -0.440. The fourth-order valence-electron chi connectivity index (χ4n) is 1.14. The molecule has 0 aliphatic carbocycles. The van der Waals surface area contributed by atoms with E-state index in [2.05, 4.69) is 0 Å². The predicted octanol–water partition coefficient (Wildman–Crippen LogP) is 1.83. The van der Waals surface area contributed by atoms with Gasteiger partial charge in [0.25, 0.3) is 0 Å². The lowest BCUT2D eigenvalue weighted by Crippen LogP contribution is -2.16. The Morgan fingerprint density at radius 3 is 2.77 bits per heavy atom. The van der Waals surface area contributed by atoms with Gasteiger partial charge in [0, 0.05) is 11.6 Å². The first-order valence-corrected chi connectivity index (χ1v) is 4.44. The molecule has 0 spiro atoms. The first-order chi connectivity index (χ1) is 6.16. The van der Waals surface area contributed by atoms with Crippen molar-refractivity contribution in [3.63, 3.8) is 0 Å². The Labute approximate surface area is 81.7 Å². The van der Waals surface area contributed by atoms with Gasteiger partial charge in [-0.2, -0.15) is 0 Å². The normalized spacial score (nSPS) is 12.9. The quantitative estimate of drug-likeness (QED) is 0.786. The van der Waals surface area contributed by atoms with Gasteiger partial charge in [-0.1, -0.05) is 23.7 Å². The van der Waals surface area contributed by atoms with Gasteiger partial charge in [-0.25, -0.2) is 4.39 Å². The molecule has 0 aromatic heterocycles. The van der Waals surface area contributed by atoms with Crippen LogP contribution in [0.4, 0.5) is 4.39 Å². The lowest BCUT2D eigenvalue weighted by Gasteiger charge is -2.11. The van der Waals surface area contributed by atoms with Crippen molar-refractivity contribution in [1.29, 1.82) is 0 Å². The smallest absolute Gasteiger partial charge is 0.146 e. The SMILES string of the molecule is NCC[C@@H](N)c1cccc(Cl)c1F. The highest BCUT2D eigenvalue weighted by atomic mass is 35.5. The minimum absolute atomic E-state index is 0.102. The van der Waals surface area contributed by atoms with Gasteiger partial charge in [0.15, 0.2) is 0 Å². The molecule has 72 valence electrons. The number of benzene rings is 1. The van der Waals surface area contributed by atoms with Crippen molar-refractivity contribution in [3.8, 4) is 0 Å². The molecular formula is C9H12ClFN2. The Morgan fingerprint density at radius 1 is 1.46 bits per heavy atom. The van der Waals surface area contributed by atoms with Crippen molar-refractivity contribution in [3.05, 3.63) is 34.6 Å². The summed E-state index contributed by atoms with van der Waals surface area (Å²) in [5.41, 5.74) is 11.4. The van der Waals surface area contributed by atoms with Crippen LogP contribution in [0.5, 0.6) is 0 Å². The number of nitrogens with two attached hydrogens (primary N) is 2. The van der Waals surface area contributed by atoms with Crippen LogP contribution in [0, 0.1) is 5.82 Å². The van der Waals surface area contributed by atoms with Crippen molar-refractivity contribution in [2.45, 2.75) is 12.5 Å². The second-order valence-electron chi connectivity index (χ2n) is 2.83. The molecular weight excluding hydrogens is 191 g/mol. The molecule has 0 amide bonds. The number of hydrogen-bond acceptors (Lipinski definition) is 2. The molecule has 4 N–H and O–H groups in total. The van der Waals surface area contributed by atoms with Gasteiger partial charge in [0.05, 0.1) is 5.02 Å². The van der Waals surface area contributed by atoms with Gasteiger partial charge in [0.2, 0.25) is 0 Å². The number of halogens is 2. The van der Waals surface area contributed by atoms with Crippen LogP contribution < -0.4 is 11.5 Å². The topological polar surface area (TPSA) is 52.0 Å². The van der Waals surface area contributed by atoms with Crippen LogP contribution in [0.1, 0.15) is 18.0 Å². The van der Waals surface area contributed by atoms with E-state index >= 15 is 0 Å². The summed E-state index contributed by atoms with van der Waals surface area (Å²) in [6.45, 7) is 0.438. The first-order valence-electron chi connectivity index (χ1n) is 4.06. The van der Waals surface area contributed by atoms with Crippen LogP contribution in [0.2, 0.25) is 5.02 Å². The van der Waals surface area contributed by atoms with E-state index in [4.69, 9.17) is 23.1 Å². The van der Waals surface area contributed by atoms with Gasteiger partial charge in [0.1, 0.15) is 5.82 Å². The van der Waals surface area contributed by atoms with Crippen molar-refractivity contribution in [2.75, 3.05) is 6.54 Å². The molecule has 0 aliphatic heterocycles. The highest BCUT2D eigenvalue weighted by molar-refractivity contribution is 6.30. The lowest BCUT2D eigenvalue weighted by molar-refractivity contribution is 0.567. The largest absolute Gasteiger partial charge is 0.330 e. The molecule has 1 atom stereocenters. The van der Waals surface area contributed by atoms with Crippen molar-refractivity contribution in [2.24, 2.45) is 11.5 Å². The summed E-state index contributed by atoms with van der Waals surface area (Å²) < 4.78 is 13.3. The molecule has 0 heterocycles. The molecule has 0 aliphatic rings. The average molecular weight is 203 g/mol. The molecule has 13 heavy (non-hydrogen) atoms.